The number of rotatable bonds is 3. The van der Waals surface area contributed by atoms with E-state index in [1.807, 2.05) is 55.6 Å². The van der Waals surface area contributed by atoms with E-state index in [1.165, 1.54) is 5.56 Å². The first-order chi connectivity index (χ1) is 11.8. The van der Waals surface area contributed by atoms with Gasteiger partial charge in [0.2, 0.25) is 0 Å². The molecule has 1 heteroatoms. The molecule has 0 aliphatic rings. The highest BCUT2D eigenvalue weighted by atomic mass is 14.7. The Morgan fingerprint density at radius 2 is 1.62 bits per heavy atom. The van der Waals surface area contributed by atoms with Crippen LogP contribution in [0.3, 0.4) is 0 Å². The Kier molecular flexibility index (Phi) is 4.17. The second-order valence-electron chi connectivity index (χ2n) is 7.25. The zero-order chi connectivity index (χ0) is 18.1. The molecule has 0 fully saturated rings. The molecule has 3 rings (SSSR count). The number of benzene rings is 2. The Morgan fingerprint density at radius 3 is 2.33 bits per heavy atom. The zero-order valence-electron chi connectivity index (χ0n) is 15.9. The predicted molar refractivity (Wildman–Crippen MR) is 102 cm³/mol. The average Bonchev–Trinajstić information content (AvgIpc) is 2.62. The fourth-order valence-electron chi connectivity index (χ4n) is 2.82. The van der Waals surface area contributed by atoms with Crippen LogP contribution >= 0.6 is 0 Å². The van der Waals surface area contributed by atoms with E-state index in [0.29, 0.717) is 0 Å². The highest BCUT2D eigenvalue weighted by molar-refractivity contribution is 5.61. The summed E-state index contributed by atoms with van der Waals surface area (Å²) in [6.45, 7) is 8.58. The smallest absolute Gasteiger partial charge is 0.0705 e. The number of nitrogens with zero attached hydrogens (tertiary/aromatic N) is 1. The molecule has 0 N–H and O–H groups in total. The molecule has 0 saturated carbocycles. The second-order valence-corrected chi connectivity index (χ2v) is 7.25. The second kappa shape index (κ2) is 6.60. The maximum atomic E-state index is 8.88. The van der Waals surface area contributed by atoms with Gasteiger partial charge in [-0.2, -0.15) is 0 Å². The molecule has 3 aromatic rings. The molecular formula is C23H25N. The Hall–Kier alpha value is -2.41. The molecule has 122 valence electrons. The van der Waals surface area contributed by atoms with Gasteiger partial charge in [-0.25, -0.2) is 0 Å². The number of pyridine rings is 1. The minimum absolute atomic E-state index is 0.0988. The van der Waals surface area contributed by atoms with Crippen LogP contribution in [-0.4, -0.2) is 4.98 Å². The van der Waals surface area contributed by atoms with E-state index in [2.05, 4.69) is 50.0 Å². The minimum atomic E-state index is -0.805. The first-order valence-corrected chi connectivity index (χ1v) is 8.41. The molecule has 0 aliphatic heterocycles. The first-order valence-electron chi connectivity index (χ1n) is 8.91. The van der Waals surface area contributed by atoms with Crippen LogP contribution in [0.5, 0.6) is 0 Å². The van der Waals surface area contributed by atoms with Crippen LogP contribution in [0, 0.1) is 0 Å². The van der Waals surface area contributed by atoms with Crippen molar-refractivity contribution in [1.29, 1.82) is 0 Å². The van der Waals surface area contributed by atoms with E-state index in [9.17, 15) is 0 Å². The van der Waals surface area contributed by atoms with Crippen LogP contribution in [0.1, 0.15) is 51.7 Å². The van der Waals surface area contributed by atoms with Crippen molar-refractivity contribution in [3.63, 3.8) is 0 Å². The molecule has 0 spiro atoms. The van der Waals surface area contributed by atoms with Crippen molar-refractivity contribution >= 4 is 0 Å². The summed E-state index contributed by atoms with van der Waals surface area (Å²) < 4.78 is 8.88. The standard InChI is InChI=1S/C23H25N/c1-17(18-9-6-5-7-10-18)19-13-14-24-22(16-19)20-11-8-12-21(15-20)23(2,3)4/h5-17H,1-4H3/i17D. The third kappa shape index (κ3) is 3.56. The van der Waals surface area contributed by atoms with Gasteiger partial charge in [-0.1, -0.05) is 76.2 Å². The van der Waals surface area contributed by atoms with Crippen molar-refractivity contribution in [2.24, 2.45) is 0 Å². The summed E-state index contributed by atoms with van der Waals surface area (Å²) in [6.07, 6.45) is 1.81. The third-order valence-electron chi connectivity index (χ3n) is 4.42. The largest absolute Gasteiger partial charge is 0.256 e. The van der Waals surface area contributed by atoms with E-state index in [0.717, 1.165) is 22.4 Å². The minimum Gasteiger partial charge on any atom is -0.256 e. The summed E-state index contributed by atoms with van der Waals surface area (Å²) in [4.78, 5) is 4.56. The molecule has 2 aromatic carbocycles. The molecule has 0 bridgehead atoms. The fourth-order valence-corrected chi connectivity index (χ4v) is 2.82. The quantitative estimate of drug-likeness (QED) is 0.560. The summed E-state index contributed by atoms with van der Waals surface area (Å²) in [5.41, 5.74) is 5.33. The molecule has 1 nitrogen and oxygen atoms in total. The Morgan fingerprint density at radius 1 is 0.875 bits per heavy atom. The third-order valence-corrected chi connectivity index (χ3v) is 4.42. The lowest BCUT2D eigenvalue weighted by Crippen LogP contribution is -2.10. The normalized spacial score (nSPS) is 14.8. The van der Waals surface area contributed by atoms with E-state index in [-0.39, 0.29) is 5.41 Å². The first kappa shape index (κ1) is 15.1. The number of hydrogen-bond acceptors (Lipinski definition) is 1. The summed E-state index contributed by atoms with van der Waals surface area (Å²) in [5.74, 6) is -0.805. The van der Waals surface area contributed by atoms with Crippen LogP contribution in [0.2, 0.25) is 0 Å². The van der Waals surface area contributed by atoms with Gasteiger partial charge in [0.1, 0.15) is 0 Å². The molecular weight excluding hydrogens is 290 g/mol. The molecule has 0 aliphatic carbocycles. The molecule has 1 atom stereocenters. The Balaban J connectivity index is 2.03. The van der Waals surface area contributed by atoms with Crippen molar-refractivity contribution in [2.75, 3.05) is 0 Å². The summed E-state index contributed by atoms with van der Waals surface area (Å²) in [5, 5.41) is 0. The number of aromatic nitrogens is 1. The van der Waals surface area contributed by atoms with Crippen molar-refractivity contribution in [3.8, 4) is 11.3 Å². The van der Waals surface area contributed by atoms with E-state index >= 15 is 0 Å². The predicted octanol–water partition coefficient (Wildman–Crippen LogP) is 6.20. The van der Waals surface area contributed by atoms with Crippen LogP contribution in [0.4, 0.5) is 0 Å². The van der Waals surface area contributed by atoms with Crippen molar-refractivity contribution < 1.29 is 1.37 Å². The summed E-state index contributed by atoms with van der Waals surface area (Å²) in [6, 6.07) is 22.5. The molecule has 0 saturated heterocycles. The Labute approximate surface area is 146 Å². The maximum absolute atomic E-state index is 8.88. The lowest BCUT2D eigenvalue weighted by molar-refractivity contribution is 0.590. The van der Waals surface area contributed by atoms with Crippen LogP contribution in [0.25, 0.3) is 11.3 Å². The van der Waals surface area contributed by atoms with E-state index < -0.39 is 5.89 Å². The lowest BCUT2D eigenvalue weighted by Gasteiger charge is -2.20. The van der Waals surface area contributed by atoms with Gasteiger partial charge in [-0.15, -0.1) is 0 Å². The highest BCUT2D eigenvalue weighted by Crippen LogP contribution is 2.29. The van der Waals surface area contributed by atoms with Gasteiger partial charge < -0.3 is 0 Å². The van der Waals surface area contributed by atoms with Crippen molar-refractivity contribution in [2.45, 2.75) is 39.0 Å². The van der Waals surface area contributed by atoms with E-state index in [1.54, 1.807) is 0 Å². The van der Waals surface area contributed by atoms with Gasteiger partial charge >= 0.3 is 0 Å². The summed E-state index contributed by atoms with van der Waals surface area (Å²) in [7, 11) is 0. The Bertz CT molecular complexity index is 861. The average molecular weight is 316 g/mol. The van der Waals surface area contributed by atoms with Crippen LogP contribution < -0.4 is 0 Å². The van der Waals surface area contributed by atoms with Gasteiger partial charge in [-0.05, 0) is 40.3 Å². The molecule has 0 amide bonds. The highest BCUT2D eigenvalue weighted by Gasteiger charge is 2.15. The molecule has 1 aromatic heterocycles. The molecule has 1 heterocycles. The summed E-state index contributed by atoms with van der Waals surface area (Å²) >= 11 is 0. The fraction of sp³-hybridized carbons (Fsp3) is 0.261. The molecule has 24 heavy (non-hydrogen) atoms. The number of hydrogen-bond donors (Lipinski definition) is 0. The van der Waals surface area contributed by atoms with Crippen molar-refractivity contribution in [1.82, 2.24) is 4.98 Å². The van der Waals surface area contributed by atoms with Gasteiger partial charge in [0.15, 0.2) is 0 Å². The van der Waals surface area contributed by atoms with Gasteiger partial charge in [0, 0.05) is 19.0 Å². The van der Waals surface area contributed by atoms with E-state index in [4.69, 9.17) is 1.37 Å². The van der Waals surface area contributed by atoms with Gasteiger partial charge in [-0.3, -0.25) is 4.98 Å². The molecule has 1 unspecified atom stereocenters. The van der Waals surface area contributed by atoms with Crippen LogP contribution in [0.15, 0.2) is 72.9 Å². The topological polar surface area (TPSA) is 12.9 Å². The maximum Gasteiger partial charge on any atom is 0.0705 e. The van der Waals surface area contributed by atoms with Gasteiger partial charge in [0.25, 0.3) is 0 Å². The molecule has 0 radical (unpaired) electrons. The lowest BCUT2D eigenvalue weighted by atomic mass is 9.85. The monoisotopic (exact) mass is 316 g/mol. The SMILES string of the molecule is [2H]C(C)(c1ccccc1)c1ccnc(-c2cccc(C(C)(C)C)c2)c1. The zero-order valence-corrected chi connectivity index (χ0v) is 14.9. The van der Waals surface area contributed by atoms with Gasteiger partial charge in [0.05, 0.1) is 5.69 Å². The van der Waals surface area contributed by atoms with Crippen LogP contribution in [-0.2, 0) is 5.41 Å². The van der Waals surface area contributed by atoms with Crippen molar-refractivity contribution in [3.05, 3.63) is 89.6 Å².